The standard InChI is InChI=1S/C57H38O8/c58-56-40-5-17-46(18-6-40)62-52-29-25-50(26-30-52)60-44-13-1-38(2-14-44)37-39-3-15-45(16-4-39)61-51-27-31-53(32-28-51)63-47-19-7-41(8-20-47)57(59)43-11-23-49(24-12-43)65-55-35-33-54(34-36-55)64-48-21-9-42(56)10-22-48/h1-36H,37H2. The minimum atomic E-state index is -0.119. The minimum Gasteiger partial charge on any atom is -0.457 e. The first-order chi connectivity index (χ1) is 31.9. The van der Waals surface area contributed by atoms with Crippen molar-refractivity contribution in [3.05, 3.63) is 252 Å². The molecule has 65 heavy (non-hydrogen) atoms. The van der Waals surface area contributed by atoms with Gasteiger partial charge in [-0.05, 0) is 212 Å². The fourth-order valence-electron chi connectivity index (χ4n) is 7.16. The smallest absolute Gasteiger partial charge is 0.193 e. The van der Waals surface area contributed by atoms with Gasteiger partial charge >= 0.3 is 0 Å². The molecule has 9 aromatic rings. The predicted octanol–water partition coefficient (Wildman–Crippen LogP) is 14.8. The number of carbonyl (C=O) groups is 2. The van der Waals surface area contributed by atoms with E-state index in [1.54, 1.807) is 121 Å². The van der Waals surface area contributed by atoms with Gasteiger partial charge in [-0.15, -0.1) is 0 Å². The molecule has 0 amide bonds. The molecule has 19 rings (SSSR count). The number of hydrogen-bond donors (Lipinski definition) is 0. The SMILES string of the molecule is O=C1c2ccc(cc2)Oc2ccc(cc2)Oc2ccc(cc2)Cc2ccc(cc2)Oc2ccc(cc2)Oc2ccc(cc2)C(=O)c2ccc(cc2)Oc2ccc(cc2)Oc2ccc1cc2. The first-order valence-corrected chi connectivity index (χ1v) is 21.0. The van der Waals surface area contributed by atoms with Crippen LogP contribution in [0.25, 0.3) is 0 Å². The second-order valence-electron chi connectivity index (χ2n) is 15.2. The summed E-state index contributed by atoms with van der Waals surface area (Å²) in [6, 6.07) is 66.2. The van der Waals surface area contributed by atoms with E-state index in [1.165, 1.54) is 0 Å². The van der Waals surface area contributed by atoms with Crippen LogP contribution in [0.3, 0.4) is 0 Å². The van der Waals surface area contributed by atoms with E-state index >= 15 is 0 Å². The molecule has 18 bridgehead atoms. The third-order valence-corrected chi connectivity index (χ3v) is 10.6. The van der Waals surface area contributed by atoms with Crippen molar-refractivity contribution in [3.63, 3.8) is 0 Å². The van der Waals surface area contributed by atoms with Gasteiger partial charge in [-0.1, -0.05) is 24.3 Å². The maximum absolute atomic E-state index is 13.3. The maximum atomic E-state index is 13.3. The number of hydrogen-bond acceptors (Lipinski definition) is 8. The van der Waals surface area contributed by atoms with Crippen LogP contribution >= 0.6 is 0 Å². The molecule has 10 aliphatic rings. The Labute approximate surface area is 375 Å². The Morgan fingerprint density at radius 1 is 0.200 bits per heavy atom. The zero-order valence-electron chi connectivity index (χ0n) is 34.8. The number of carbonyl (C=O) groups excluding carboxylic acids is 2. The van der Waals surface area contributed by atoms with Crippen LogP contribution in [-0.2, 0) is 6.42 Å². The van der Waals surface area contributed by atoms with E-state index < -0.39 is 0 Å². The van der Waals surface area contributed by atoms with Gasteiger partial charge < -0.3 is 28.4 Å². The van der Waals surface area contributed by atoms with E-state index in [-0.39, 0.29) is 11.6 Å². The van der Waals surface area contributed by atoms with Crippen molar-refractivity contribution in [3.8, 4) is 69.0 Å². The molecule has 0 aromatic heterocycles. The molecule has 0 saturated heterocycles. The lowest BCUT2D eigenvalue weighted by molar-refractivity contribution is 0.103. The third-order valence-electron chi connectivity index (χ3n) is 10.6. The molecule has 9 aromatic carbocycles. The van der Waals surface area contributed by atoms with Crippen LogP contribution in [0.2, 0.25) is 0 Å². The van der Waals surface area contributed by atoms with E-state index in [9.17, 15) is 9.59 Å². The van der Waals surface area contributed by atoms with Gasteiger partial charge in [0.1, 0.15) is 69.0 Å². The van der Waals surface area contributed by atoms with Gasteiger partial charge in [-0.25, -0.2) is 0 Å². The van der Waals surface area contributed by atoms with Gasteiger partial charge in [0.25, 0.3) is 0 Å². The van der Waals surface area contributed by atoms with Crippen molar-refractivity contribution in [2.24, 2.45) is 0 Å². The fourth-order valence-corrected chi connectivity index (χ4v) is 7.16. The number of ketones is 2. The second kappa shape index (κ2) is 18.2. The summed E-state index contributed by atoms with van der Waals surface area (Å²) in [6.07, 6.45) is 0.753. The molecule has 0 N–H and O–H groups in total. The van der Waals surface area contributed by atoms with Crippen molar-refractivity contribution in [1.82, 2.24) is 0 Å². The number of ether oxygens (including phenoxy) is 6. The molecule has 0 unspecified atom stereocenters. The topological polar surface area (TPSA) is 89.5 Å². The summed E-state index contributed by atoms with van der Waals surface area (Å²) in [6.45, 7) is 0. The molecule has 0 aliphatic carbocycles. The lowest BCUT2D eigenvalue weighted by Gasteiger charge is -2.10. The fraction of sp³-hybridized carbons (Fsp3) is 0.0175. The maximum Gasteiger partial charge on any atom is 0.193 e. The zero-order chi connectivity index (χ0) is 44.0. The Morgan fingerprint density at radius 2 is 0.338 bits per heavy atom. The lowest BCUT2D eigenvalue weighted by Crippen LogP contribution is -2.01. The van der Waals surface area contributed by atoms with E-state index in [2.05, 4.69) is 24.3 Å². The number of benzene rings is 9. The number of fused-ring (bicyclic) bond motifs is 9. The summed E-state index contributed by atoms with van der Waals surface area (Å²) in [5.41, 5.74) is 4.42. The molecule has 0 fully saturated rings. The Morgan fingerprint density at radius 3 is 0.508 bits per heavy atom. The van der Waals surface area contributed by atoms with Gasteiger partial charge in [-0.2, -0.15) is 0 Å². The Kier molecular flexibility index (Phi) is 11.3. The highest BCUT2D eigenvalue weighted by Gasteiger charge is 2.13. The Balaban J connectivity index is 0.848. The summed E-state index contributed by atoms with van der Waals surface area (Å²) in [5, 5.41) is 0. The quantitative estimate of drug-likeness (QED) is 0.149. The van der Waals surface area contributed by atoms with Crippen LogP contribution in [0.5, 0.6) is 69.0 Å². The molecule has 314 valence electrons. The monoisotopic (exact) mass is 850 g/mol. The average molecular weight is 851 g/mol. The summed E-state index contributed by atoms with van der Waals surface area (Å²) in [5.74, 6) is 7.42. The first kappa shape index (κ1) is 40.2. The van der Waals surface area contributed by atoms with Gasteiger partial charge in [0, 0.05) is 22.3 Å². The van der Waals surface area contributed by atoms with Crippen molar-refractivity contribution >= 4 is 11.6 Å². The van der Waals surface area contributed by atoms with Crippen LogP contribution in [0.15, 0.2) is 218 Å². The summed E-state index contributed by atoms with van der Waals surface area (Å²) >= 11 is 0. The van der Waals surface area contributed by atoms with E-state index in [1.807, 2.05) is 72.8 Å². The molecule has 0 saturated carbocycles. The molecular weight excluding hydrogens is 813 g/mol. The van der Waals surface area contributed by atoms with Gasteiger partial charge in [-0.3, -0.25) is 9.59 Å². The Hall–Kier alpha value is -8.88. The molecular formula is C57H38O8. The molecule has 0 atom stereocenters. The highest BCUT2D eigenvalue weighted by Crippen LogP contribution is 2.32. The number of rotatable bonds is 0. The van der Waals surface area contributed by atoms with E-state index in [4.69, 9.17) is 28.4 Å². The minimum absolute atomic E-state index is 0.119. The predicted molar refractivity (Wildman–Crippen MR) is 248 cm³/mol. The van der Waals surface area contributed by atoms with E-state index in [0.717, 1.165) is 29.0 Å². The van der Waals surface area contributed by atoms with Crippen LogP contribution < -0.4 is 28.4 Å². The highest BCUT2D eigenvalue weighted by atomic mass is 16.5. The average Bonchev–Trinajstić information content (AvgIpc) is 3.35. The van der Waals surface area contributed by atoms with Gasteiger partial charge in [0.2, 0.25) is 0 Å². The molecule has 10 heterocycles. The zero-order valence-corrected chi connectivity index (χ0v) is 34.8. The van der Waals surface area contributed by atoms with Crippen LogP contribution in [0, 0.1) is 0 Å². The molecule has 10 aliphatic heterocycles. The van der Waals surface area contributed by atoms with Crippen molar-refractivity contribution in [1.29, 1.82) is 0 Å². The second-order valence-corrected chi connectivity index (χ2v) is 15.2. The molecule has 0 radical (unpaired) electrons. The lowest BCUT2D eigenvalue weighted by atomic mass is 10.0. The van der Waals surface area contributed by atoms with Crippen LogP contribution in [0.4, 0.5) is 0 Å². The Bertz CT molecular complexity index is 2840. The van der Waals surface area contributed by atoms with E-state index in [0.29, 0.717) is 79.7 Å². The molecule has 8 nitrogen and oxygen atoms in total. The van der Waals surface area contributed by atoms with Gasteiger partial charge in [0.15, 0.2) is 11.6 Å². The van der Waals surface area contributed by atoms with Crippen molar-refractivity contribution in [2.45, 2.75) is 6.42 Å². The van der Waals surface area contributed by atoms with Gasteiger partial charge in [0.05, 0.1) is 0 Å². The van der Waals surface area contributed by atoms with Crippen molar-refractivity contribution < 1.29 is 38.0 Å². The largest absolute Gasteiger partial charge is 0.457 e. The summed E-state index contributed by atoms with van der Waals surface area (Å²) in [7, 11) is 0. The van der Waals surface area contributed by atoms with Crippen LogP contribution in [0.1, 0.15) is 43.0 Å². The first-order valence-electron chi connectivity index (χ1n) is 21.0. The third kappa shape index (κ3) is 9.94. The highest BCUT2D eigenvalue weighted by molar-refractivity contribution is 6.09. The van der Waals surface area contributed by atoms with Crippen molar-refractivity contribution in [2.75, 3.05) is 0 Å². The summed E-state index contributed by atoms with van der Waals surface area (Å²) < 4.78 is 36.4. The van der Waals surface area contributed by atoms with Crippen LogP contribution in [-0.4, -0.2) is 11.6 Å². The summed E-state index contributed by atoms with van der Waals surface area (Å²) in [4.78, 5) is 26.6. The molecule has 8 heteroatoms. The molecule has 0 spiro atoms. The normalized spacial score (nSPS) is 12.4.